The predicted molar refractivity (Wildman–Crippen MR) is 136 cm³/mol. The largest absolute Gasteiger partial charge is 0.454 e. The first-order chi connectivity index (χ1) is 17.1. The fraction of sp³-hybridized carbons (Fsp3) is 0.214. The van der Waals surface area contributed by atoms with E-state index in [0.29, 0.717) is 23.7 Å². The molecule has 0 radical (unpaired) electrons. The van der Waals surface area contributed by atoms with E-state index in [4.69, 9.17) is 26.1 Å². The number of piperazine rings is 1. The van der Waals surface area contributed by atoms with Gasteiger partial charge in [0.2, 0.25) is 6.79 Å². The topological polar surface area (TPSA) is 54.9 Å². The van der Waals surface area contributed by atoms with Gasteiger partial charge in [-0.2, -0.15) is 0 Å². The lowest BCUT2D eigenvalue weighted by atomic mass is 10.0. The number of fused-ring (bicyclic) bond motifs is 2. The van der Waals surface area contributed by atoms with E-state index in [9.17, 15) is 4.79 Å². The van der Waals surface area contributed by atoms with Crippen molar-refractivity contribution >= 4 is 28.4 Å². The summed E-state index contributed by atoms with van der Waals surface area (Å²) in [5.74, 6) is 1.64. The molecule has 3 aromatic carbocycles. The number of benzene rings is 3. The Morgan fingerprint density at radius 3 is 2.49 bits per heavy atom. The summed E-state index contributed by atoms with van der Waals surface area (Å²) < 4.78 is 10.9. The average molecular weight is 486 g/mol. The average Bonchev–Trinajstić information content (AvgIpc) is 3.36. The van der Waals surface area contributed by atoms with Crippen LogP contribution in [-0.4, -0.2) is 53.7 Å². The second-order valence-corrected chi connectivity index (χ2v) is 9.27. The lowest BCUT2D eigenvalue weighted by Gasteiger charge is -2.35. The van der Waals surface area contributed by atoms with Gasteiger partial charge < -0.3 is 14.4 Å². The molecule has 0 unspecified atom stereocenters. The summed E-state index contributed by atoms with van der Waals surface area (Å²) in [6.45, 7) is 4.08. The summed E-state index contributed by atoms with van der Waals surface area (Å²) in [6.07, 6.45) is 0. The number of hydrogen-bond donors (Lipinski definition) is 0. The van der Waals surface area contributed by atoms with Gasteiger partial charge in [-0.25, -0.2) is 4.98 Å². The molecular formula is C28H24ClN3O3. The Morgan fingerprint density at radius 2 is 1.66 bits per heavy atom. The number of ether oxygens (including phenoxy) is 2. The molecule has 1 fully saturated rings. The van der Waals surface area contributed by atoms with Gasteiger partial charge in [-0.3, -0.25) is 9.69 Å². The molecule has 0 saturated carbocycles. The number of amides is 1. The number of nitrogens with zero attached hydrogens (tertiary/aromatic N) is 3. The van der Waals surface area contributed by atoms with Crippen LogP contribution in [0.4, 0.5) is 0 Å². The minimum Gasteiger partial charge on any atom is -0.454 e. The molecule has 35 heavy (non-hydrogen) atoms. The smallest absolute Gasteiger partial charge is 0.254 e. The maximum atomic E-state index is 13.7. The van der Waals surface area contributed by atoms with Crippen LogP contribution in [0.2, 0.25) is 5.02 Å². The Morgan fingerprint density at radius 1 is 0.886 bits per heavy atom. The van der Waals surface area contributed by atoms with Gasteiger partial charge in [-0.05, 0) is 42.0 Å². The molecule has 0 aliphatic carbocycles. The van der Waals surface area contributed by atoms with E-state index in [0.717, 1.165) is 53.3 Å². The Balaban J connectivity index is 1.20. The zero-order valence-corrected chi connectivity index (χ0v) is 19.9. The fourth-order valence-electron chi connectivity index (χ4n) is 4.70. The van der Waals surface area contributed by atoms with Crippen molar-refractivity contribution in [3.63, 3.8) is 0 Å². The lowest BCUT2D eigenvalue weighted by molar-refractivity contribution is 0.0630. The monoisotopic (exact) mass is 485 g/mol. The first kappa shape index (κ1) is 21.9. The van der Waals surface area contributed by atoms with Crippen LogP contribution in [0.25, 0.3) is 22.2 Å². The van der Waals surface area contributed by atoms with Crippen LogP contribution in [0.1, 0.15) is 15.9 Å². The standard InChI is InChI=1S/C28H24ClN3O3/c29-21-8-6-20(7-9-21)25-16-23(22-3-1-2-4-24(22)30-25)28(33)32-13-11-31(12-14-32)17-19-5-10-26-27(15-19)35-18-34-26/h1-10,15-16H,11-14,17-18H2. The zero-order chi connectivity index (χ0) is 23.8. The minimum absolute atomic E-state index is 0.0431. The summed E-state index contributed by atoms with van der Waals surface area (Å²) in [5.41, 5.74) is 4.38. The van der Waals surface area contributed by atoms with Crippen LogP contribution in [-0.2, 0) is 6.54 Å². The molecule has 6 nitrogen and oxygen atoms in total. The third kappa shape index (κ3) is 4.43. The number of hydrogen-bond acceptors (Lipinski definition) is 5. The number of rotatable bonds is 4. The normalized spacial score (nSPS) is 15.5. The Labute approximate surface area is 208 Å². The highest BCUT2D eigenvalue weighted by atomic mass is 35.5. The van der Waals surface area contributed by atoms with Crippen LogP contribution in [0.5, 0.6) is 11.5 Å². The maximum absolute atomic E-state index is 13.7. The molecule has 1 saturated heterocycles. The van der Waals surface area contributed by atoms with E-state index in [1.54, 1.807) is 0 Å². The highest BCUT2D eigenvalue weighted by Gasteiger charge is 2.25. The number of para-hydroxylation sites is 1. The summed E-state index contributed by atoms with van der Waals surface area (Å²) in [7, 11) is 0. The highest BCUT2D eigenvalue weighted by molar-refractivity contribution is 6.30. The van der Waals surface area contributed by atoms with Crippen LogP contribution in [0.3, 0.4) is 0 Å². The molecule has 1 aromatic heterocycles. The van der Waals surface area contributed by atoms with Gasteiger partial charge in [-0.15, -0.1) is 0 Å². The van der Waals surface area contributed by atoms with Crippen molar-refractivity contribution in [1.82, 2.24) is 14.8 Å². The van der Waals surface area contributed by atoms with Gasteiger partial charge in [0, 0.05) is 48.7 Å². The summed E-state index contributed by atoms with van der Waals surface area (Å²) in [6, 6.07) is 23.4. The van der Waals surface area contributed by atoms with Gasteiger partial charge in [0.05, 0.1) is 16.8 Å². The predicted octanol–water partition coefficient (Wildman–Crippen LogP) is 5.24. The first-order valence-electron chi connectivity index (χ1n) is 11.7. The highest BCUT2D eigenvalue weighted by Crippen LogP contribution is 2.33. The van der Waals surface area contributed by atoms with Crippen molar-refractivity contribution in [2.45, 2.75) is 6.54 Å². The van der Waals surface area contributed by atoms with E-state index < -0.39 is 0 Å². The van der Waals surface area contributed by atoms with Gasteiger partial charge in [-0.1, -0.05) is 48.0 Å². The van der Waals surface area contributed by atoms with Crippen molar-refractivity contribution in [3.05, 3.63) is 88.9 Å². The number of pyridine rings is 1. The van der Waals surface area contributed by atoms with Crippen LogP contribution in [0.15, 0.2) is 72.8 Å². The van der Waals surface area contributed by atoms with E-state index in [-0.39, 0.29) is 12.7 Å². The molecule has 7 heteroatoms. The van der Waals surface area contributed by atoms with Gasteiger partial charge >= 0.3 is 0 Å². The molecule has 176 valence electrons. The van der Waals surface area contributed by atoms with Crippen molar-refractivity contribution < 1.29 is 14.3 Å². The van der Waals surface area contributed by atoms with E-state index >= 15 is 0 Å². The second-order valence-electron chi connectivity index (χ2n) is 8.84. The zero-order valence-electron chi connectivity index (χ0n) is 19.1. The molecule has 2 aliphatic heterocycles. The van der Waals surface area contributed by atoms with E-state index in [1.165, 1.54) is 5.56 Å². The number of carbonyl (C=O) groups excluding carboxylic acids is 1. The number of aromatic nitrogens is 1. The second kappa shape index (κ2) is 9.21. The minimum atomic E-state index is 0.0431. The Bertz CT molecular complexity index is 1400. The molecule has 0 atom stereocenters. The molecular weight excluding hydrogens is 462 g/mol. The maximum Gasteiger partial charge on any atom is 0.254 e. The third-order valence-electron chi connectivity index (χ3n) is 6.59. The van der Waals surface area contributed by atoms with Crippen molar-refractivity contribution in [2.24, 2.45) is 0 Å². The Kier molecular flexibility index (Phi) is 5.76. The summed E-state index contributed by atoms with van der Waals surface area (Å²) >= 11 is 6.07. The van der Waals surface area contributed by atoms with Crippen LogP contribution < -0.4 is 9.47 Å². The molecule has 3 heterocycles. The Hall–Kier alpha value is -3.61. The lowest BCUT2D eigenvalue weighted by Crippen LogP contribution is -2.48. The van der Waals surface area contributed by atoms with Crippen LogP contribution >= 0.6 is 11.6 Å². The third-order valence-corrected chi connectivity index (χ3v) is 6.84. The molecule has 0 spiro atoms. The molecule has 0 N–H and O–H groups in total. The van der Waals surface area contributed by atoms with Crippen molar-refractivity contribution in [1.29, 1.82) is 0 Å². The number of halogens is 1. The molecule has 0 bridgehead atoms. The van der Waals surface area contributed by atoms with E-state index in [1.807, 2.05) is 71.6 Å². The van der Waals surface area contributed by atoms with Crippen LogP contribution in [0, 0.1) is 0 Å². The molecule has 1 amide bonds. The van der Waals surface area contributed by atoms with Gasteiger partial charge in [0.15, 0.2) is 11.5 Å². The van der Waals surface area contributed by atoms with Gasteiger partial charge in [0.1, 0.15) is 0 Å². The number of carbonyl (C=O) groups is 1. The van der Waals surface area contributed by atoms with E-state index in [2.05, 4.69) is 11.0 Å². The van der Waals surface area contributed by atoms with Crippen molar-refractivity contribution in [3.8, 4) is 22.8 Å². The fourth-order valence-corrected chi connectivity index (χ4v) is 4.82. The van der Waals surface area contributed by atoms with Gasteiger partial charge in [0.25, 0.3) is 5.91 Å². The SMILES string of the molecule is O=C(c1cc(-c2ccc(Cl)cc2)nc2ccccc12)N1CCN(Cc2ccc3c(c2)OCO3)CC1. The summed E-state index contributed by atoms with van der Waals surface area (Å²) in [4.78, 5) is 22.8. The van der Waals surface area contributed by atoms with Crippen molar-refractivity contribution in [2.75, 3.05) is 33.0 Å². The molecule has 2 aliphatic rings. The summed E-state index contributed by atoms with van der Waals surface area (Å²) in [5, 5.41) is 1.54. The quantitative estimate of drug-likeness (QED) is 0.395. The molecule has 6 rings (SSSR count). The first-order valence-corrected chi connectivity index (χ1v) is 12.1. The molecule has 4 aromatic rings.